The van der Waals surface area contributed by atoms with Gasteiger partial charge in [0.15, 0.2) is 0 Å². The number of thiophene rings is 1. The first-order chi connectivity index (χ1) is 9.33. The lowest BCUT2D eigenvalue weighted by Gasteiger charge is -2.30. The average Bonchev–Trinajstić information content (AvgIpc) is 2.96. The molecule has 2 nitrogen and oxygen atoms in total. The maximum absolute atomic E-state index is 6.20. The van der Waals surface area contributed by atoms with Crippen LogP contribution >= 0.6 is 11.3 Å². The van der Waals surface area contributed by atoms with Crippen LogP contribution in [-0.4, -0.2) is 18.6 Å². The molecular weight excluding hydrogens is 252 g/mol. The van der Waals surface area contributed by atoms with Gasteiger partial charge in [0.05, 0.1) is 0 Å². The normalized spacial score (nSPS) is 23.4. The Labute approximate surface area is 118 Å². The Bertz CT molecular complexity index is 521. The summed E-state index contributed by atoms with van der Waals surface area (Å²) in [5, 5.41) is 7.87. The van der Waals surface area contributed by atoms with Gasteiger partial charge in [0.2, 0.25) is 0 Å². The summed E-state index contributed by atoms with van der Waals surface area (Å²) in [4.78, 5) is 0. The van der Waals surface area contributed by atoms with E-state index in [2.05, 4.69) is 46.4 Å². The van der Waals surface area contributed by atoms with E-state index in [0.29, 0.717) is 12.1 Å². The molecule has 0 amide bonds. The van der Waals surface area contributed by atoms with Crippen molar-refractivity contribution in [2.45, 2.75) is 31.3 Å². The first-order valence-electron chi connectivity index (χ1n) is 6.93. The van der Waals surface area contributed by atoms with Crippen molar-refractivity contribution < 1.29 is 0 Å². The Hall–Kier alpha value is -1.16. The molecule has 0 bridgehead atoms. The molecular formula is C16H20N2S. The number of nitrogens with one attached hydrogen (secondary N) is 1. The van der Waals surface area contributed by atoms with Crippen molar-refractivity contribution in [3.05, 3.63) is 46.7 Å². The van der Waals surface area contributed by atoms with E-state index in [1.54, 1.807) is 11.3 Å². The van der Waals surface area contributed by atoms with Crippen molar-refractivity contribution in [3.63, 3.8) is 0 Å². The van der Waals surface area contributed by atoms with Gasteiger partial charge in [-0.25, -0.2) is 0 Å². The Kier molecular flexibility index (Phi) is 3.97. The smallest absolute Gasteiger partial charge is 0.0259 e. The number of piperidine rings is 1. The van der Waals surface area contributed by atoms with Gasteiger partial charge in [-0.05, 0) is 59.3 Å². The van der Waals surface area contributed by atoms with Crippen LogP contribution in [0.3, 0.4) is 0 Å². The number of rotatable bonds is 3. The SMILES string of the molecule is NC1CCCNC1Cc1cccc(-c2ccsc2)c1. The van der Waals surface area contributed by atoms with Gasteiger partial charge >= 0.3 is 0 Å². The van der Waals surface area contributed by atoms with Crippen LogP contribution in [0, 0.1) is 0 Å². The minimum Gasteiger partial charge on any atom is -0.326 e. The fourth-order valence-electron chi connectivity index (χ4n) is 2.76. The molecule has 1 aliphatic heterocycles. The second-order valence-electron chi connectivity index (χ2n) is 5.28. The highest BCUT2D eigenvalue weighted by atomic mass is 32.1. The molecule has 2 aromatic rings. The third kappa shape index (κ3) is 3.06. The van der Waals surface area contributed by atoms with Gasteiger partial charge in [-0.1, -0.05) is 24.3 Å². The zero-order valence-corrected chi connectivity index (χ0v) is 11.8. The topological polar surface area (TPSA) is 38.0 Å². The fourth-order valence-corrected chi connectivity index (χ4v) is 3.43. The van der Waals surface area contributed by atoms with E-state index in [9.17, 15) is 0 Å². The highest BCUT2D eigenvalue weighted by Gasteiger charge is 2.21. The number of hydrogen-bond donors (Lipinski definition) is 2. The van der Waals surface area contributed by atoms with Gasteiger partial charge in [0.1, 0.15) is 0 Å². The molecule has 1 fully saturated rings. The van der Waals surface area contributed by atoms with Crippen LogP contribution in [0.25, 0.3) is 11.1 Å². The molecule has 1 aromatic carbocycles. The molecule has 3 N–H and O–H groups in total. The first-order valence-corrected chi connectivity index (χ1v) is 7.88. The lowest BCUT2D eigenvalue weighted by atomic mass is 9.92. The molecule has 100 valence electrons. The van der Waals surface area contributed by atoms with E-state index < -0.39 is 0 Å². The summed E-state index contributed by atoms with van der Waals surface area (Å²) in [5.41, 5.74) is 10.2. The lowest BCUT2D eigenvalue weighted by Crippen LogP contribution is -2.50. The van der Waals surface area contributed by atoms with Gasteiger partial charge in [-0.2, -0.15) is 11.3 Å². The summed E-state index contributed by atoms with van der Waals surface area (Å²) in [7, 11) is 0. The van der Waals surface area contributed by atoms with Crippen LogP contribution in [0.15, 0.2) is 41.1 Å². The Morgan fingerprint density at radius 3 is 3.00 bits per heavy atom. The molecule has 1 aromatic heterocycles. The quantitative estimate of drug-likeness (QED) is 0.901. The van der Waals surface area contributed by atoms with Crippen molar-refractivity contribution in [3.8, 4) is 11.1 Å². The molecule has 2 atom stereocenters. The van der Waals surface area contributed by atoms with E-state index in [1.165, 1.54) is 23.1 Å². The maximum Gasteiger partial charge on any atom is 0.0259 e. The Morgan fingerprint density at radius 2 is 2.21 bits per heavy atom. The lowest BCUT2D eigenvalue weighted by molar-refractivity contribution is 0.349. The Morgan fingerprint density at radius 1 is 1.26 bits per heavy atom. The number of hydrogen-bond acceptors (Lipinski definition) is 3. The van der Waals surface area contributed by atoms with Crippen LogP contribution in [0.2, 0.25) is 0 Å². The van der Waals surface area contributed by atoms with Crippen LogP contribution in [-0.2, 0) is 6.42 Å². The highest BCUT2D eigenvalue weighted by Crippen LogP contribution is 2.24. The molecule has 3 heteroatoms. The summed E-state index contributed by atoms with van der Waals surface area (Å²) >= 11 is 1.74. The molecule has 3 rings (SSSR count). The van der Waals surface area contributed by atoms with Gasteiger partial charge in [-0.15, -0.1) is 0 Å². The van der Waals surface area contributed by atoms with Crippen LogP contribution in [0.4, 0.5) is 0 Å². The molecule has 0 spiro atoms. The van der Waals surface area contributed by atoms with E-state index in [1.807, 2.05) is 0 Å². The maximum atomic E-state index is 6.20. The summed E-state index contributed by atoms with van der Waals surface area (Å²) in [6, 6.07) is 11.7. The van der Waals surface area contributed by atoms with Gasteiger partial charge in [-0.3, -0.25) is 0 Å². The monoisotopic (exact) mass is 272 g/mol. The second-order valence-corrected chi connectivity index (χ2v) is 6.06. The zero-order valence-electron chi connectivity index (χ0n) is 11.0. The van der Waals surface area contributed by atoms with Gasteiger partial charge < -0.3 is 11.1 Å². The highest BCUT2D eigenvalue weighted by molar-refractivity contribution is 7.08. The molecule has 2 unspecified atom stereocenters. The molecule has 0 saturated carbocycles. The molecule has 19 heavy (non-hydrogen) atoms. The minimum absolute atomic E-state index is 0.290. The molecule has 0 aliphatic carbocycles. The summed E-state index contributed by atoms with van der Waals surface area (Å²) in [6.45, 7) is 1.10. The van der Waals surface area contributed by atoms with Crippen LogP contribution < -0.4 is 11.1 Å². The summed E-state index contributed by atoms with van der Waals surface area (Å²) in [6.07, 6.45) is 3.37. The van der Waals surface area contributed by atoms with Crippen LogP contribution in [0.5, 0.6) is 0 Å². The summed E-state index contributed by atoms with van der Waals surface area (Å²) < 4.78 is 0. The van der Waals surface area contributed by atoms with E-state index in [4.69, 9.17) is 5.73 Å². The zero-order chi connectivity index (χ0) is 13.1. The first kappa shape index (κ1) is 12.9. The third-order valence-corrected chi connectivity index (χ3v) is 4.56. The number of benzene rings is 1. The third-order valence-electron chi connectivity index (χ3n) is 3.87. The van der Waals surface area contributed by atoms with Gasteiger partial charge in [0, 0.05) is 12.1 Å². The molecule has 1 aliphatic rings. The summed E-state index contributed by atoms with van der Waals surface area (Å²) in [5.74, 6) is 0. The van der Waals surface area contributed by atoms with E-state index >= 15 is 0 Å². The van der Waals surface area contributed by atoms with Crippen molar-refractivity contribution in [2.75, 3.05) is 6.54 Å². The largest absolute Gasteiger partial charge is 0.326 e. The van der Waals surface area contributed by atoms with Crippen LogP contribution in [0.1, 0.15) is 18.4 Å². The van der Waals surface area contributed by atoms with Crippen molar-refractivity contribution in [1.82, 2.24) is 5.32 Å². The molecule has 1 saturated heterocycles. The van der Waals surface area contributed by atoms with E-state index in [-0.39, 0.29) is 0 Å². The van der Waals surface area contributed by atoms with Crippen molar-refractivity contribution in [1.29, 1.82) is 0 Å². The van der Waals surface area contributed by atoms with E-state index in [0.717, 1.165) is 19.4 Å². The van der Waals surface area contributed by atoms with Gasteiger partial charge in [0.25, 0.3) is 0 Å². The second kappa shape index (κ2) is 5.87. The number of nitrogens with two attached hydrogens (primary N) is 1. The minimum atomic E-state index is 0.290. The van der Waals surface area contributed by atoms with Crippen molar-refractivity contribution >= 4 is 11.3 Å². The predicted molar refractivity (Wildman–Crippen MR) is 82.5 cm³/mol. The molecule has 2 heterocycles. The van der Waals surface area contributed by atoms with Crippen molar-refractivity contribution in [2.24, 2.45) is 5.73 Å². The average molecular weight is 272 g/mol. The molecule has 0 radical (unpaired) electrons. The predicted octanol–water partition coefficient (Wildman–Crippen LogP) is 3.04. The fraction of sp³-hybridized carbons (Fsp3) is 0.375. The standard InChI is InChI=1S/C16H20N2S/c17-15-5-2-7-18-16(15)10-12-3-1-4-13(9-12)14-6-8-19-11-14/h1,3-4,6,8-9,11,15-16,18H,2,5,7,10,17H2. The Balaban J connectivity index is 1.76.